The number of hydrogen-bond acceptors (Lipinski definition) is 3. The van der Waals surface area contributed by atoms with Crippen molar-refractivity contribution in [2.75, 3.05) is 5.73 Å². The van der Waals surface area contributed by atoms with Gasteiger partial charge in [0.1, 0.15) is 5.76 Å². The molecule has 3 nitrogen and oxygen atoms in total. The van der Waals surface area contributed by atoms with Crippen LogP contribution in [0, 0.1) is 6.92 Å². The van der Waals surface area contributed by atoms with Crippen molar-refractivity contribution in [2.24, 2.45) is 0 Å². The highest BCUT2D eigenvalue weighted by atomic mass is 16.4. The van der Waals surface area contributed by atoms with Crippen LogP contribution in [0.25, 0.3) is 22.1 Å². The van der Waals surface area contributed by atoms with E-state index < -0.39 is 0 Å². The summed E-state index contributed by atoms with van der Waals surface area (Å²) in [6.45, 7) is 1.99. The van der Waals surface area contributed by atoms with E-state index in [0.29, 0.717) is 16.8 Å². The van der Waals surface area contributed by atoms with Gasteiger partial charge in [0.05, 0.1) is 5.39 Å². The summed E-state index contributed by atoms with van der Waals surface area (Å²) in [5.41, 5.74) is 7.88. The van der Waals surface area contributed by atoms with Crippen molar-refractivity contribution in [1.29, 1.82) is 0 Å². The minimum atomic E-state index is -0.358. The van der Waals surface area contributed by atoms with Gasteiger partial charge >= 0.3 is 5.63 Å². The van der Waals surface area contributed by atoms with E-state index in [0.717, 1.165) is 16.5 Å². The molecule has 3 heteroatoms. The van der Waals surface area contributed by atoms with Gasteiger partial charge in [0.15, 0.2) is 0 Å². The molecule has 0 bridgehead atoms. The van der Waals surface area contributed by atoms with Gasteiger partial charge in [0, 0.05) is 11.3 Å². The van der Waals surface area contributed by atoms with Crippen molar-refractivity contribution >= 4 is 16.5 Å². The Morgan fingerprint density at radius 2 is 1.84 bits per heavy atom. The van der Waals surface area contributed by atoms with Crippen LogP contribution in [0.15, 0.2) is 57.7 Å². The van der Waals surface area contributed by atoms with E-state index in [1.165, 1.54) is 0 Å². The van der Waals surface area contributed by atoms with Crippen LogP contribution in [-0.2, 0) is 0 Å². The minimum Gasteiger partial charge on any atom is -0.422 e. The predicted octanol–water partition coefficient (Wildman–Crippen LogP) is 3.35. The maximum Gasteiger partial charge on any atom is 0.344 e. The lowest BCUT2D eigenvalue weighted by molar-refractivity contribution is 0.534. The van der Waals surface area contributed by atoms with Crippen LogP contribution in [-0.4, -0.2) is 0 Å². The SMILES string of the molecule is Cc1ccccc1-c1cc2ccc(N)cc2c(=O)o1. The van der Waals surface area contributed by atoms with Crippen molar-refractivity contribution in [3.63, 3.8) is 0 Å². The molecule has 0 saturated carbocycles. The third kappa shape index (κ3) is 1.99. The van der Waals surface area contributed by atoms with Gasteiger partial charge in [0.2, 0.25) is 0 Å². The number of nitrogen functional groups attached to an aromatic ring is 1. The molecule has 3 aromatic rings. The molecule has 0 fully saturated rings. The summed E-state index contributed by atoms with van der Waals surface area (Å²) in [6.07, 6.45) is 0. The Morgan fingerprint density at radius 3 is 2.63 bits per heavy atom. The van der Waals surface area contributed by atoms with E-state index in [2.05, 4.69) is 0 Å². The summed E-state index contributed by atoms with van der Waals surface area (Å²) in [5.74, 6) is 0.584. The van der Waals surface area contributed by atoms with Crippen LogP contribution in [0.1, 0.15) is 5.56 Å². The first-order chi connectivity index (χ1) is 9.15. The molecule has 1 heterocycles. The first-order valence-electron chi connectivity index (χ1n) is 6.04. The van der Waals surface area contributed by atoms with Crippen molar-refractivity contribution in [3.05, 3.63) is 64.5 Å². The maximum atomic E-state index is 12.0. The molecule has 0 aliphatic carbocycles. The van der Waals surface area contributed by atoms with Gasteiger partial charge in [-0.25, -0.2) is 4.79 Å². The molecule has 2 aromatic carbocycles. The largest absolute Gasteiger partial charge is 0.422 e. The van der Waals surface area contributed by atoms with E-state index in [9.17, 15) is 4.79 Å². The third-order valence-corrected chi connectivity index (χ3v) is 3.20. The monoisotopic (exact) mass is 251 g/mol. The predicted molar refractivity (Wildman–Crippen MR) is 77.1 cm³/mol. The van der Waals surface area contributed by atoms with E-state index in [1.807, 2.05) is 43.3 Å². The molecule has 0 radical (unpaired) electrons. The second-order valence-electron chi connectivity index (χ2n) is 4.56. The zero-order valence-electron chi connectivity index (χ0n) is 10.5. The summed E-state index contributed by atoms with van der Waals surface area (Å²) >= 11 is 0. The van der Waals surface area contributed by atoms with E-state index in [-0.39, 0.29) is 5.63 Å². The Morgan fingerprint density at radius 1 is 1.05 bits per heavy atom. The second kappa shape index (κ2) is 4.28. The maximum absolute atomic E-state index is 12.0. The van der Waals surface area contributed by atoms with Gasteiger partial charge in [-0.05, 0) is 36.1 Å². The number of benzene rings is 2. The summed E-state index contributed by atoms with van der Waals surface area (Å²) in [7, 11) is 0. The van der Waals surface area contributed by atoms with E-state index in [1.54, 1.807) is 12.1 Å². The molecular formula is C16H13NO2. The highest BCUT2D eigenvalue weighted by Crippen LogP contribution is 2.25. The van der Waals surface area contributed by atoms with Crippen LogP contribution >= 0.6 is 0 Å². The number of nitrogens with two attached hydrogens (primary N) is 1. The Hall–Kier alpha value is -2.55. The standard InChI is InChI=1S/C16H13NO2/c1-10-4-2-3-5-13(10)15-8-11-6-7-12(17)9-14(11)16(18)19-15/h2-9H,17H2,1H3. The lowest BCUT2D eigenvalue weighted by atomic mass is 10.0. The molecule has 2 N–H and O–H groups in total. The number of aryl methyl sites for hydroxylation is 1. The molecule has 0 amide bonds. The lowest BCUT2D eigenvalue weighted by Crippen LogP contribution is -2.01. The lowest BCUT2D eigenvalue weighted by Gasteiger charge is -2.05. The topological polar surface area (TPSA) is 56.2 Å². The van der Waals surface area contributed by atoms with Crippen molar-refractivity contribution in [2.45, 2.75) is 6.92 Å². The van der Waals surface area contributed by atoms with Crippen LogP contribution in [0.3, 0.4) is 0 Å². The number of rotatable bonds is 1. The summed E-state index contributed by atoms with van der Waals surface area (Å²) in [6, 6.07) is 14.9. The van der Waals surface area contributed by atoms with Crippen molar-refractivity contribution in [3.8, 4) is 11.3 Å². The van der Waals surface area contributed by atoms with Crippen LogP contribution in [0.4, 0.5) is 5.69 Å². The fourth-order valence-corrected chi connectivity index (χ4v) is 2.18. The molecule has 0 atom stereocenters. The van der Waals surface area contributed by atoms with Crippen LogP contribution in [0.5, 0.6) is 0 Å². The van der Waals surface area contributed by atoms with Gasteiger partial charge in [-0.1, -0.05) is 30.3 Å². The minimum absolute atomic E-state index is 0.358. The van der Waals surface area contributed by atoms with E-state index in [4.69, 9.17) is 10.2 Å². The molecule has 0 unspecified atom stereocenters. The average molecular weight is 251 g/mol. The summed E-state index contributed by atoms with van der Waals surface area (Å²) < 4.78 is 5.40. The quantitative estimate of drug-likeness (QED) is 0.675. The smallest absolute Gasteiger partial charge is 0.344 e. The number of hydrogen-bond donors (Lipinski definition) is 1. The molecule has 0 aliphatic heterocycles. The highest BCUT2D eigenvalue weighted by Gasteiger charge is 2.08. The number of fused-ring (bicyclic) bond motifs is 1. The molecule has 0 saturated heterocycles. The molecular weight excluding hydrogens is 238 g/mol. The Bertz CT molecular complexity index is 818. The normalized spacial score (nSPS) is 10.8. The molecule has 3 rings (SSSR count). The first-order valence-corrected chi connectivity index (χ1v) is 6.04. The highest BCUT2D eigenvalue weighted by molar-refractivity contribution is 5.86. The van der Waals surface area contributed by atoms with Crippen LogP contribution in [0.2, 0.25) is 0 Å². The molecule has 19 heavy (non-hydrogen) atoms. The zero-order valence-corrected chi connectivity index (χ0v) is 10.5. The molecule has 0 aliphatic rings. The zero-order chi connectivity index (χ0) is 13.4. The summed E-state index contributed by atoms with van der Waals surface area (Å²) in [5, 5.41) is 1.35. The van der Waals surface area contributed by atoms with E-state index >= 15 is 0 Å². The Balaban J connectivity index is 2.31. The fraction of sp³-hybridized carbons (Fsp3) is 0.0625. The molecule has 0 spiro atoms. The third-order valence-electron chi connectivity index (χ3n) is 3.20. The Labute approximate surface area is 110 Å². The Kier molecular flexibility index (Phi) is 2.60. The van der Waals surface area contributed by atoms with Crippen LogP contribution < -0.4 is 11.4 Å². The second-order valence-corrected chi connectivity index (χ2v) is 4.56. The molecule has 94 valence electrons. The van der Waals surface area contributed by atoms with Gasteiger partial charge in [-0.15, -0.1) is 0 Å². The fourth-order valence-electron chi connectivity index (χ4n) is 2.18. The number of anilines is 1. The first kappa shape index (κ1) is 11.5. The van der Waals surface area contributed by atoms with Gasteiger partial charge in [-0.2, -0.15) is 0 Å². The van der Waals surface area contributed by atoms with Gasteiger partial charge < -0.3 is 10.2 Å². The average Bonchev–Trinajstić information content (AvgIpc) is 2.40. The van der Waals surface area contributed by atoms with Crippen molar-refractivity contribution in [1.82, 2.24) is 0 Å². The summed E-state index contributed by atoms with van der Waals surface area (Å²) in [4.78, 5) is 12.0. The van der Waals surface area contributed by atoms with Crippen molar-refractivity contribution < 1.29 is 4.42 Å². The van der Waals surface area contributed by atoms with Gasteiger partial charge in [0.25, 0.3) is 0 Å². The molecule has 1 aromatic heterocycles. The van der Waals surface area contributed by atoms with Gasteiger partial charge in [-0.3, -0.25) is 0 Å².